The average molecular weight is 257 g/mol. The van der Waals surface area contributed by atoms with E-state index in [2.05, 4.69) is 11.2 Å². The van der Waals surface area contributed by atoms with Crippen molar-refractivity contribution < 1.29 is 14.7 Å². The van der Waals surface area contributed by atoms with Crippen LogP contribution in [0.15, 0.2) is 30.3 Å². The largest absolute Gasteiger partial charge is 0.480 e. The van der Waals surface area contributed by atoms with Crippen molar-refractivity contribution in [3.8, 4) is 12.3 Å². The molecule has 0 radical (unpaired) electrons. The summed E-state index contributed by atoms with van der Waals surface area (Å²) in [6.07, 6.45) is 5.85. The predicted molar refractivity (Wildman–Crippen MR) is 70.3 cm³/mol. The van der Waals surface area contributed by atoms with Gasteiger partial charge in [0, 0.05) is 12.3 Å². The van der Waals surface area contributed by atoms with Crippen LogP contribution in [-0.2, 0) is 9.59 Å². The molecule has 1 aromatic rings. The molecule has 98 valence electrons. The minimum atomic E-state index is -1.09. The Morgan fingerprint density at radius 2 is 2.11 bits per heavy atom. The van der Waals surface area contributed by atoms with Gasteiger partial charge in [0.25, 0.3) is 0 Å². The molecule has 3 atom stereocenters. The van der Waals surface area contributed by atoms with E-state index < -0.39 is 12.0 Å². The maximum Gasteiger partial charge on any atom is 0.327 e. The van der Waals surface area contributed by atoms with Gasteiger partial charge in [-0.1, -0.05) is 30.3 Å². The van der Waals surface area contributed by atoms with Crippen LogP contribution in [0.1, 0.15) is 24.3 Å². The summed E-state index contributed by atoms with van der Waals surface area (Å²) in [6, 6.07) is 8.76. The zero-order chi connectivity index (χ0) is 13.8. The Labute approximate surface area is 111 Å². The molecule has 1 amide bonds. The van der Waals surface area contributed by atoms with Gasteiger partial charge >= 0.3 is 5.97 Å². The second-order valence-corrected chi connectivity index (χ2v) is 4.67. The van der Waals surface area contributed by atoms with Crippen LogP contribution in [-0.4, -0.2) is 23.0 Å². The summed E-state index contributed by atoms with van der Waals surface area (Å²) < 4.78 is 0. The van der Waals surface area contributed by atoms with E-state index in [9.17, 15) is 9.59 Å². The molecule has 1 fully saturated rings. The fourth-order valence-electron chi connectivity index (χ4n) is 2.15. The Balaban J connectivity index is 1.93. The first-order valence-electron chi connectivity index (χ1n) is 6.15. The molecule has 1 aromatic carbocycles. The van der Waals surface area contributed by atoms with E-state index >= 15 is 0 Å². The predicted octanol–water partition coefficient (Wildman–Crippen LogP) is 1.38. The highest BCUT2D eigenvalue weighted by molar-refractivity contribution is 5.87. The van der Waals surface area contributed by atoms with Crippen LogP contribution in [0.2, 0.25) is 0 Å². The average Bonchev–Trinajstić information content (AvgIpc) is 3.19. The van der Waals surface area contributed by atoms with Crippen LogP contribution in [0.5, 0.6) is 0 Å². The third kappa shape index (κ3) is 3.14. The monoisotopic (exact) mass is 257 g/mol. The molecular weight excluding hydrogens is 242 g/mol. The number of carboxylic acids is 1. The minimum Gasteiger partial charge on any atom is -0.480 e. The van der Waals surface area contributed by atoms with Crippen molar-refractivity contribution in [2.24, 2.45) is 5.92 Å². The number of carbonyl (C=O) groups excluding carboxylic acids is 1. The summed E-state index contributed by atoms with van der Waals surface area (Å²) in [4.78, 5) is 22.8. The summed E-state index contributed by atoms with van der Waals surface area (Å²) in [6.45, 7) is 0. The molecule has 0 bridgehead atoms. The molecule has 1 saturated carbocycles. The lowest BCUT2D eigenvalue weighted by atomic mass is 10.1. The summed E-state index contributed by atoms with van der Waals surface area (Å²) in [5.41, 5.74) is 1.12. The highest BCUT2D eigenvalue weighted by Crippen LogP contribution is 2.47. The van der Waals surface area contributed by atoms with E-state index in [1.165, 1.54) is 0 Å². The van der Waals surface area contributed by atoms with Crippen molar-refractivity contribution in [3.05, 3.63) is 35.9 Å². The second-order valence-electron chi connectivity index (χ2n) is 4.67. The number of carboxylic acid groups (broad SMARTS) is 1. The first kappa shape index (κ1) is 13.2. The van der Waals surface area contributed by atoms with Gasteiger partial charge in [0.05, 0.1) is 0 Å². The molecule has 1 aliphatic carbocycles. The summed E-state index contributed by atoms with van der Waals surface area (Å²) in [5, 5.41) is 11.4. The van der Waals surface area contributed by atoms with Gasteiger partial charge in [-0.15, -0.1) is 12.3 Å². The summed E-state index contributed by atoms with van der Waals surface area (Å²) >= 11 is 0. The molecule has 0 aliphatic heterocycles. The van der Waals surface area contributed by atoms with E-state index in [1.54, 1.807) is 0 Å². The van der Waals surface area contributed by atoms with Crippen LogP contribution in [0, 0.1) is 18.3 Å². The van der Waals surface area contributed by atoms with E-state index in [0.717, 1.165) is 12.0 Å². The van der Waals surface area contributed by atoms with Gasteiger partial charge in [-0.25, -0.2) is 4.79 Å². The smallest absolute Gasteiger partial charge is 0.327 e. The van der Waals surface area contributed by atoms with E-state index in [1.807, 2.05) is 30.3 Å². The van der Waals surface area contributed by atoms with Gasteiger partial charge in [0.15, 0.2) is 0 Å². The number of hydrogen-bond donors (Lipinski definition) is 2. The molecule has 3 unspecified atom stereocenters. The molecule has 4 heteroatoms. The van der Waals surface area contributed by atoms with Gasteiger partial charge in [-0.3, -0.25) is 4.79 Å². The highest BCUT2D eigenvalue weighted by atomic mass is 16.4. The van der Waals surface area contributed by atoms with Crippen LogP contribution in [0.25, 0.3) is 0 Å². The molecule has 19 heavy (non-hydrogen) atoms. The Morgan fingerprint density at radius 1 is 1.42 bits per heavy atom. The Kier molecular flexibility index (Phi) is 3.86. The topological polar surface area (TPSA) is 66.4 Å². The molecule has 4 nitrogen and oxygen atoms in total. The third-order valence-electron chi connectivity index (χ3n) is 3.29. The minimum absolute atomic E-state index is 0.00377. The Hall–Kier alpha value is -2.28. The molecule has 0 aromatic heterocycles. The van der Waals surface area contributed by atoms with Crippen LogP contribution < -0.4 is 5.32 Å². The quantitative estimate of drug-likeness (QED) is 0.783. The fourth-order valence-corrected chi connectivity index (χ4v) is 2.15. The number of amides is 1. The third-order valence-corrected chi connectivity index (χ3v) is 3.29. The molecule has 2 rings (SSSR count). The van der Waals surface area contributed by atoms with Gasteiger partial charge in [-0.2, -0.15) is 0 Å². The van der Waals surface area contributed by atoms with Gasteiger partial charge in [-0.05, 0) is 17.9 Å². The van der Waals surface area contributed by atoms with E-state index in [4.69, 9.17) is 11.5 Å². The van der Waals surface area contributed by atoms with E-state index in [-0.39, 0.29) is 24.2 Å². The summed E-state index contributed by atoms with van der Waals surface area (Å²) in [5.74, 6) is 1.00. The zero-order valence-electron chi connectivity index (χ0n) is 10.4. The lowest BCUT2D eigenvalue weighted by molar-refractivity contribution is -0.141. The first-order valence-corrected chi connectivity index (χ1v) is 6.15. The van der Waals surface area contributed by atoms with E-state index in [0.29, 0.717) is 0 Å². The second kappa shape index (κ2) is 5.57. The molecule has 1 aliphatic rings. The number of rotatable bonds is 5. The molecule has 0 saturated heterocycles. The van der Waals surface area contributed by atoms with Crippen molar-refractivity contribution in [3.63, 3.8) is 0 Å². The number of aliphatic carboxylic acids is 1. The van der Waals surface area contributed by atoms with Crippen molar-refractivity contribution in [1.82, 2.24) is 5.32 Å². The number of nitrogens with one attached hydrogen (secondary N) is 1. The molecule has 0 spiro atoms. The first-order chi connectivity index (χ1) is 9.13. The zero-order valence-corrected chi connectivity index (χ0v) is 10.4. The maximum atomic E-state index is 11.9. The number of hydrogen-bond acceptors (Lipinski definition) is 2. The molecule has 2 N–H and O–H groups in total. The number of terminal acetylenes is 1. The van der Waals surface area contributed by atoms with Crippen LogP contribution in [0.3, 0.4) is 0 Å². The van der Waals surface area contributed by atoms with Crippen molar-refractivity contribution in [2.45, 2.75) is 24.8 Å². The maximum absolute atomic E-state index is 11.9. The van der Waals surface area contributed by atoms with Crippen molar-refractivity contribution in [1.29, 1.82) is 0 Å². The standard InChI is InChI=1S/C15H15NO3/c1-2-6-13(15(18)19)16-14(17)12-9-11(12)10-7-4-3-5-8-10/h1,3-5,7-8,11-13H,6,9H2,(H,16,17)(H,18,19). The lowest BCUT2D eigenvalue weighted by Crippen LogP contribution is -2.41. The van der Waals surface area contributed by atoms with Crippen molar-refractivity contribution >= 4 is 11.9 Å². The van der Waals surface area contributed by atoms with Crippen LogP contribution in [0.4, 0.5) is 0 Å². The number of benzene rings is 1. The fraction of sp³-hybridized carbons (Fsp3) is 0.333. The Bertz CT molecular complexity index is 518. The lowest BCUT2D eigenvalue weighted by Gasteiger charge is -2.11. The van der Waals surface area contributed by atoms with Gasteiger partial charge in [0.1, 0.15) is 6.04 Å². The summed E-state index contributed by atoms with van der Waals surface area (Å²) in [7, 11) is 0. The number of carbonyl (C=O) groups is 2. The van der Waals surface area contributed by atoms with Gasteiger partial charge in [0.2, 0.25) is 5.91 Å². The highest BCUT2D eigenvalue weighted by Gasteiger charge is 2.44. The Morgan fingerprint density at radius 3 is 2.68 bits per heavy atom. The van der Waals surface area contributed by atoms with Crippen LogP contribution >= 0.6 is 0 Å². The van der Waals surface area contributed by atoms with Gasteiger partial charge < -0.3 is 10.4 Å². The normalized spacial score (nSPS) is 22.1. The molecular formula is C15H15NO3. The van der Waals surface area contributed by atoms with Crippen molar-refractivity contribution in [2.75, 3.05) is 0 Å². The SMILES string of the molecule is C#CCC(NC(=O)C1CC1c1ccccc1)C(=O)O. The molecule has 0 heterocycles.